The van der Waals surface area contributed by atoms with Gasteiger partial charge < -0.3 is 15.5 Å². The van der Waals surface area contributed by atoms with E-state index in [1.165, 1.54) is 35.1 Å². The maximum atomic E-state index is 13.7. The van der Waals surface area contributed by atoms with E-state index in [9.17, 15) is 32.2 Å². The molecule has 2 saturated carbocycles. The van der Waals surface area contributed by atoms with Gasteiger partial charge in [-0.15, -0.1) is 0 Å². The van der Waals surface area contributed by atoms with Gasteiger partial charge in [-0.3, -0.25) is 9.48 Å². The van der Waals surface area contributed by atoms with Gasteiger partial charge in [-0.05, 0) is 67.9 Å². The molecule has 2 fully saturated rings. The lowest BCUT2D eigenvalue weighted by atomic mass is 9.70. The van der Waals surface area contributed by atoms with E-state index in [0.29, 0.717) is 18.4 Å². The number of halogens is 3. The number of anilines is 1. The molecule has 0 aliphatic heterocycles. The van der Waals surface area contributed by atoms with Crippen LogP contribution in [-0.4, -0.2) is 45.2 Å². The van der Waals surface area contributed by atoms with Crippen molar-refractivity contribution in [2.75, 3.05) is 5.32 Å². The molecule has 3 N–H and O–H groups in total. The van der Waals surface area contributed by atoms with Gasteiger partial charge in [-0.25, -0.2) is 17.2 Å². The molecule has 5 atom stereocenters. The molecule has 8 nitrogen and oxygen atoms in total. The van der Waals surface area contributed by atoms with Crippen molar-refractivity contribution in [1.29, 1.82) is 0 Å². The second-order valence-electron chi connectivity index (χ2n) is 10.1. The van der Waals surface area contributed by atoms with Crippen molar-refractivity contribution < 1.29 is 32.2 Å². The van der Waals surface area contributed by atoms with Crippen LogP contribution in [0.5, 0.6) is 0 Å². The Morgan fingerprint density at radius 1 is 1.16 bits per heavy atom. The molecule has 2 bridgehead atoms. The molecule has 5 rings (SSSR count). The van der Waals surface area contributed by atoms with E-state index in [1.807, 2.05) is 0 Å². The van der Waals surface area contributed by atoms with Gasteiger partial charge in [0.15, 0.2) is 21.5 Å². The Hall–Kier alpha value is -2.86. The van der Waals surface area contributed by atoms with Gasteiger partial charge in [-0.2, -0.15) is 5.10 Å². The summed E-state index contributed by atoms with van der Waals surface area (Å²) in [6.45, 7) is 0. The summed E-state index contributed by atoms with van der Waals surface area (Å²) in [7, 11) is -2.32. The number of rotatable bonds is 6. The number of nitrogens with one attached hydrogen (secondary N) is 1. The van der Waals surface area contributed by atoms with E-state index >= 15 is 0 Å². The van der Waals surface area contributed by atoms with Crippen molar-refractivity contribution in [1.82, 2.24) is 9.78 Å². The molecule has 2 aliphatic rings. The molecule has 2 unspecified atom stereocenters. The molecule has 3 aromatic rings. The van der Waals surface area contributed by atoms with Gasteiger partial charge in [0.05, 0.1) is 21.4 Å². The minimum Gasteiger partial charge on any atom is -0.386 e. The Bertz CT molecular complexity index is 1500. The minimum atomic E-state index is -4.03. The van der Waals surface area contributed by atoms with E-state index in [2.05, 4.69) is 10.4 Å². The number of carbonyl (C=O) groups excluding carboxylic acids is 1. The number of carbonyl (C=O) groups is 1. The Kier molecular flexibility index (Phi) is 6.83. The number of aliphatic hydroxyl groups is 2. The third-order valence-electron chi connectivity index (χ3n) is 7.86. The topological polar surface area (TPSA) is 122 Å². The van der Waals surface area contributed by atoms with Gasteiger partial charge in [0.1, 0.15) is 11.7 Å². The molecule has 38 heavy (non-hydrogen) atoms. The van der Waals surface area contributed by atoms with Gasteiger partial charge in [0, 0.05) is 36.1 Å². The van der Waals surface area contributed by atoms with Crippen molar-refractivity contribution in [3.63, 3.8) is 0 Å². The van der Waals surface area contributed by atoms with Crippen molar-refractivity contribution in [3.8, 4) is 0 Å². The average molecular weight is 566 g/mol. The highest BCUT2D eigenvalue weighted by Crippen LogP contribution is 2.56. The molecule has 202 valence electrons. The first-order valence-electron chi connectivity index (χ1n) is 12.1. The van der Waals surface area contributed by atoms with Crippen molar-refractivity contribution in [2.45, 2.75) is 47.5 Å². The fourth-order valence-corrected chi connectivity index (χ4v) is 8.31. The zero-order valence-corrected chi connectivity index (χ0v) is 21.9. The zero-order chi connectivity index (χ0) is 27.4. The first kappa shape index (κ1) is 26.7. The van der Waals surface area contributed by atoms with E-state index in [4.69, 9.17) is 11.6 Å². The minimum absolute atomic E-state index is 0.00331. The number of amides is 1. The van der Waals surface area contributed by atoms with Crippen LogP contribution in [-0.2, 0) is 16.9 Å². The Labute approximate surface area is 223 Å². The molecule has 1 amide bonds. The summed E-state index contributed by atoms with van der Waals surface area (Å²) in [5, 5.41) is 28.2. The quantitative estimate of drug-likeness (QED) is 0.415. The largest absolute Gasteiger partial charge is 0.386 e. The lowest BCUT2D eigenvalue weighted by molar-refractivity contribution is -0.144. The monoisotopic (exact) mass is 565 g/mol. The van der Waals surface area contributed by atoms with Gasteiger partial charge in [0.2, 0.25) is 0 Å². The number of hydrogen-bond acceptors (Lipinski definition) is 6. The predicted octanol–water partition coefficient (Wildman–Crippen LogP) is 4.03. The molecule has 0 spiro atoms. The molecule has 12 heteroatoms. The van der Waals surface area contributed by atoms with Crippen molar-refractivity contribution in [2.24, 2.45) is 18.9 Å². The Morgan fingerprint density at radius 3 is 2.45 bits per heavy atom. The number of sulfone groups is 1. The maximum Gasteiger partial charge on any atom is 0.255 e. The van der Waals surface area contributed by atoms with E-state index in [1.54, 1.807) is 13.2 Å². The number of aryl methyl sites for hydroxylation is 1. The average Bonchev–Trinajstić information content (AvgIpc) is 3.34. The number of fused-ring (bicyclic) bond motifs is 2. The molecule has 1 heterocycles. The molecular weight excluding hydrogens is 540 g/mol. The van der Waals surface area contributed by atoms with E-state index in [0.717, 1.165) is 12.1 Å². The van der Waals surface area contributed by atoms with Crippen LogP contribution >= 0.6 is 11.6 Å². The van der Waals surface area contributed by atoms with Crippen LogP contribution in [0.1, 0.15) is 47.7 Å². The first-order chi connectivity index (χ1) is 17.9. The molecule has 0 saturated heterocycles. The Morgan fingerprint density at radius 2 is 1.84 bits per heavy atom. The number of hydrogen-bond donors (Lipinski definition) is 3. The zero-order valence-electron chi connectivity index (χ0n) is 20.3. The summed E-state index contributed by atoms with van der Waals surface area (Å²) in [4.78, 5) is 12.5. The maximum absolute atomic E-state index is 13.7. The predicted molar refractivity (Wildman–Crippen MR) is 135 cm³/mol. The summed E-state index contributed by atoms with van der Waals surface area (Å²) in [5.41, 5.74) is -1.04. The van der Waals surface area contributed by atoms with Crippen LogP contribution in [0.15, 0.2) is 53.7 Å². The highest BCUT2D eigenvalue weighted by Gasteiger charge is 2.59. The standard InChI is InChI=1S/C26H26ClF2N3O5S/c1-32-13-15(12-30-32)24(33)26(35)16-3-4-17(26)10-19(9-16)38(36,37)23-8-14(2-6-20(23)27)25(34)31-18-5-7-21(28)22(29)11-18/h2,5-8,11-13,16-17,19,24,33,35H,3-4,9-10H2,1H3,(H,31,34)/t16-,17?,19-,24?,26-/m0/s1. The van der Waals surface area contributed by atoms with Crippen molar-refractivity contribution in [3.05, 3.63) is 76.6 Å². The molecular formula is C26H26ClF2N3O5S. The van der Waals surface area contributed by atoms with Crippen LogP contribution in [0.2, 0.25) is 5.02 Å². The first-order valence-corrected chi connectivity index (χ1v) is 14.0. The number of nitrogens with zero attached hydrogens (tertiary/aromatic N) is 2. The third kappa shape index (κ3) is 4.51. The molecule has 2 aliphatic carbocycles. The smallest absolute Gasteiger partial charge is 0.255 e. The summed E-state index contributed by atoms with van der Waals surface area (Å²) < 4.78 is 55.7. The number of benzene rings is 2. The van der Waals surface area contributed by atoms with E-state index in [-0.39, 0.29) is 34.0 Å². The van der Waals surface area contributed by atoms with Crippen LogP contribution in [0.4, 0.5) is 14.5 Å². The lowest BCUT2D eigenvalue weighted by Crippen LogP contribution is -2.52. The van der Waals surface area contributed by atoms with E-state index < -0.39 is 56.2 Å². The fourth-order valence-electron chi connectivity index (χ4n) is 5.91. The van der Waals surface area contributed by atoms with Crippen molar-refractivity contribution >= 4 is 33.0 Å². The second-order valence-corrected chi connectivity index (χ2v) is 12.7. The van der Waals surface area contributed by atoms with Crippen LogP contribution < -0.4 is 5.32 Å². The second kappa shape index (κ2) is 9.71. The molecule has 1 aromatic heterocycles. The highest BCUT2D eigenvalue weighted by atomic mass is 35.5. The summed E-state index contributed by atoms with van der Waals surface area (Å²) in [6.07, 6.45) is 3.28. The van der Waals surface area contributed by atoms with Gasteiger partial charge in [0.25, 0.3) is 5.91 Å². The lowest BCUT2D eigenvalue weighted by Gasteiger charge is -2.45. The van der Waals surface area contributed by atoms with Gasteiger partial charge >= 0.3 is 0 Å². The fraction of sp³-hybridized carbons (Fsp3) is 0.385. The molecule has 0 radical (unpaired) electrons. The third-order valence-corrected chi connectivity index (χ3v) is 10.5. The van der Waals surface area contributed by atoms with Crippen LogP contribution in [0, 0.1) is 23.5 Å². The summed E-state index contributed by atoms with van der Waals surface area (Å²) in [6, 6.07) is 6.67. The van der Waals surface area contributed by atoms with Crippen LogP contribution in [0.3, 0.4) is 0 Å². The normalized spacial score (nSPS) is 25.8. The Balaban J connectivity index is 1.38. The van der Waals surface area contributed by atoms with Crippen LogP contribution in [0.25, 0.3) is 0 Å². The number of aromatic nitrogens is 2. The summed E-state index contributed by atoms with van der Waals surface area (Å²) in [5.74, 6) is -3.85. The highest BCUT2D eigenvalue weighted by molar-refractivity contribution is 7.92. The number of aliphatic hydroxyl groups excluding tert-OH is 1. The summed E-state index contributed by atoms with van der Waals surface area (Å²) >= 11 is 6.28. The molecule has 2 aromatic carbocycles. The SMILES string of the molecule is Cn1cc(C(O)[C@@]2(O)C3CC[C@H]2C[C@H](S(=O)(=O)c2cc(C(=O)Nc4ccc(F)c(F)c4)ccc2Cl)C3)cn1. The van der Waals surface area contributed by atoms with Gasteiger partial charge in [-0.1, -0.05) is 11.6 Å².